The number of para-hydroxylation sites is 1. The quantitative estimate of drug-likeness (QED) is 0.580. The Morgan fingerprint density at radius 1 is 1.06 bits per heavy atom. The van der Waals surface area contributed by atoms with Crippen LogP contribution in [0.1, 0.15) is 24.2 Å². The molecule has 0 saturated carbocycles. The van der Waals surface area contributed by atoms with E-state index < -0.39 is 11.5 Å². The molecule has 0 aliphatic carbocycles. The fraction of sp³-hybridized carbons (Fsp3) is 0.250. The summed E-state index contributed by atoms with van der Waals surface area (Å²) in [7, 11) is 0. The molecule has 9 nitrogen and oxygen atoms in total. The number of fused-ring (bicyclic) bond motifs is 2. The lowest BCUT2D eigenvalue weighted by Crippen LogP contribution is -2.46. The summed E-state index contributed by atoms with van der Waals surface area (Å²) < 4.78 is 10.7. The van der Waals surface area contributed by atoms with Crippen LogP contribution >= 0.6 is 0 Å². The Hall–Kier alpha value is -4.14. The van der Waals surface area contributed by atoms with Gasteiger partial charge in [0.1, 0.15) is 23.4 Å². The van der Waals surface area contributed by atoms with Crippen molar-refractivity contribution in [3.8, 4) is 5.75 Å². The Morgan fingerprint density at radius 3 is 2.58 bits per heavy atom. The van der Waals surface area contributed by atoms with E-state index in [9.17, 15) is 19.2 Å². The second-order valence-corrected chi connectivity index (χ2v) is 7.46. The molecular formula is C24H23N3O6. The van der Waals surface area contributed by atoms with Gasteiger partial charge in [0.25, 0.3) is 11.8 Å². The van der Waals surface area contributed by atoms with E-state index in [-0.39, 0.29) is 30.5 Å². The first-order valence-electron chi connectivity index (χ1n) is 10.6. The van der Waals surface area contributed by atoms with Gasteiger partial charge in [0.05, 0.1) is 5.69 Å². The molecule has 0 radical (unpaired) electrons. The maximum atomic E-state index is 12.8. The third-order valence-corrected chi connectivity index (χ3v) is 5.46. The lowest BCUT2D eigenvalue weighted by atomic mass is 10.1. The summed E-state index contributed by atoms with van der Waals surface area (Å²) in [6, 6.07) is 13.1. The number of nitrogens with one attached hydrogen (secondary N) is 1. The Labute approximate surface area is 189 Å². The van der Waals surface area contributed by atoms with Crippen molar-refractivity contribution >= 4 is 40.1 Å². The molecule has 2 aromatic carbocycles. The number of hydrogen-bond donors (Lipinski definition) is 1. The average molecular weight is 449 g/mol. The van der Waals surface area contributed by atoms with Crippen molar-refractivity contribution in [1.82, 2.24) is 4.90 Å². The molecule has 0 spiro atoms. The Balaban J connectivity index is 1.61. The largest absolute Gasteiger partial charge is 0.482 e. The molecule has 0 saturated heterocycles. The summed E-state index contributed by atoms with van der Waals surface area (Å²) in [6.07, 6.45) is 0. The smallest absolute Gasteiger partial charge is 0.349 e. The van der Waals surface area contributed by atoms with Gasteiger partial charge in [0, 0.05) is 24.2 Å². The van der Waals surface area contributed by atoms with Gasteiger partial charge in [0.15, 0.2) is 6.61 Å². The van der Waals surface area contributed by atoms with Gasteiger partial charge < -0.3 is 19.4 Å². The number of anilines is 2. The van der Waals surface area contributed by atoms with E-state index in [0.29, 0.717) is 41.2 Å². The molecule has 1 aromatic heterocycles. The molecule has 3 amide bonds. The number of carbonyl (C=O) groups is 3. The van der Waals surface area contributed by atoms with E-state index >= 15 is 0 Å². The fourth-order valence-corrected chi connectivity index (χ4v) is 3.68. The summed E-state index contributed by atoms with van der Waals surface area (Å²) in [5.74, 6) is -0.778. The number of benzene rings is 2. The van der Waals surface area contributed by atoms with E-state index in [4.69, 9.17) is 9.15 Å². The molecule has 1 N–H and O–H groups in total. The van der Waals surface area contributed by atoms with Crippen LogP contribution in [0, 0.1) is 0 Å². The van der Waals surface area contributed by atoms with Crippen LogP contribution in [-0.2, 0) is 9.59 Å². The van der Waals surface area contributed by atoms with Crippen LogP contribution in [0.15, 0.2) is 57.7 Å². The van der Waals surface area contributed by atoms with Crippen LogP contribution in [0.3, 0.4) is 0 Å². The molecule has 0 fully saturated rings. The van der Waals surface area contributed by atoms with Gasteiger partial charge in [-0.15, -0.1) is 0 Å². The van der Waals surface area contributed by atoms with Crippen LogP contribution in [-0.4, -0.2) is 48.9 Å². The molecule has 0 unspecified atom stereocenters. The highest BCUT2D eigenvalue weighted by Crippen LogP contribution is 2.34. The molecule has 0 atom stereocenters. The Kier molecular flexibility index (Phi) is 6.12. The van der Waals surface area contributed by atoms with E-state index in [1.807, 2.05) is 13.8 Å². The van der Waals surface area contributed by atoms with Gasteiger partial charge >= 0.3 is 5.63 Å². The first-order chi connectivity index (χ1) is 15.9. The molecule has 2 heterocycles. The first-order valence-corrected chi connectivity index (χ1v) is 10.6. The Bertz CT molecular complexity index is 1290. The molecule has 33 heavy (non-hydrogen) atoms. The van der Waals surface area contributed by atoms with Crippen molar-refractivity contribution in [1.29, 1.82) is 0 Å². The van der Waals surface area contributed by atoms with Gasteiger partial charge in [-0.2, -0.15) is 0 Å². The van der Waals surface area contributed by atoms with Crippen LogP contribution in [0.25, 0.3) is 11.0 Å². The number of carbonyl (C=O) groups excluding carboxylic acids is 3. The van der Waals surface area contributed by atoms with Crippen molar-refractivity contribution in [3.63, 3.8) is 0 Å². The number of hydrogen-bond acceptors (Lipinski definition) is 6. The molecule has 3 aromatic rings. The highest BCUT2D eigenvalue weighted by Gasteiger charge is 2.29. The minimum Gasteiger partial charge on any atom is -0.482 e. The second-order valence-electron chi connectivity index (χ2n) is 7.46. The fourth-order valence-electron chi connectivity index (χ4n) is 3.68. The van der Waals surface area contributed by atoms with Gasteiger partial charge in [-0.25, -0.2) is 4.79 Å². The number of nitrogens with zero attached hydrogens (tertiary/aromatic N) is 2. The van der Waals surface area contributed by atoms with Crippen LogP contribution in [0.5, 0.6) is 5.75 Å². The molecule has 170 valence electrons. The average Bonchev–Trinajstić information content (AvgIpc) is 2.81. The molecule has 9 heteroatoms. The van der Waals surface area contributed by atoms with Crippen LogP contribution < -0.4 is 20.6 Å². The van der Waals surface area contributed by atoms with Crippen molar-refractivity contribution in [2.24, 2.45) is 0 Å². The van der Waals surface area contributed by atoms with Gasteiger partial charge in [-0.05, 0) is 44.2 Å². The minimum absolute atomic E-state index is 0.136. The number of amides is 3. The summed E-state index contributed by atoms with van der Waals surface area (Å²) in [5, 5.41) is 3.28. The number of likely N-dealkylation sites (N-methyl/N-ethyl adjacent to an activating group) is 1. The third-order valence-electron chi connectivity index (χ3n) is 5.46. The SMILES string of the molecule is CCN(CC)C(=O)CN1C(=O)COc2ccc(NC(=O)c3cc4ccccc4oc3=O)cc21. The third kappa shape index (κ3) is 4.43. The first kappa shape index (κ1) is 22.1. The second kappa shape index (κ2) is 9.15. The van der Waals surface area contributed by atoms with Gasteiger partial charge in [-0.1, -0.05) is 18.2 Å². The van der Waals surface area contributed by atoms with Crippen molar-refractivity contribution in [2.75, 3.05) is 36.5 Å². The lowest BCUT2D eigenvalue weighted by molar-refractivity contribution is -0.131. The highest BCUT2D eigenvalue weighted by atomic mass is 16.5. The Morgan fingerprint density at radius 2 is 1.82 bits per heavy atom. The monoisotopic (exact) mass is 449 g/mol. The highest BCUT2D eigenvalue weighted by molar-refractivity contribution is 6.07. The molecule has 1 aliphatic rings. The number of ether oxygens (including phenoxy) is 1. The zero-order valence-electron chi connectivity index (χ0n) is 18.3. The van der Waals surface area contributed by atoms with E-state index in [1.54, 1.807) is 47.4 Å². The molecular weight excluding hydrogens is 426 g/mol. The van der Waals surface area contributed by atoms with Gasteiger partial charge in [0.2, 0.25) is 5.91 Å². The number of rotatable bonds is 6. The lowest BCUT2D eigenvalue weighted by Gasteiger charge is -2.31. The molecule has 1 aliphatic heterocycles. The van der Waals surface area contributed by atoms with E-state index in [1.165, 1.54) is 11.0 Å². The zero-order valence-corrected chi connectivity index (χ0v) is 18.3. The molecule has 4 rings (SSSR count). The van der Waals surface area contributed by atoms with E-state index in [2.05, 4.69) is 5.32 Å². The van der Waals surface area contributed by atoms with Crippen LogP contribution in [0.4, 0.5) is 11.4 Å². The topological polar surface area (TPSA) is 109 Å². The van der Waals surface area contributed by atoms with Crippen molar-refractivity contribution in [3.05, 3.63) is 64.5 Å². The summed E-state index contributed by atoms with van der Waals surface area (Å²) >= 11 is 0. The van der Waals surface area contributed by atoms with Crippen LogP contribution in [0.2, 0.25) is 0 Å². The standard InChI is InChI=1S/C24H23N3O6/c1-3-26(4-2)21(28)13-27-18-12-16(9-10-20(18)32-14-22(27)29)25-23(30)17-11-15-7-5-6-8-19(15)33-24(17)31/h5-12H,3-4,13-14H2,1-2H3,(H,25,30). The summed E-state index contributed by atoms with van der Waals surface area (Å²) in [5.41, 5.74) is 0.193. The maximum Gasteiger partial charge on any atom is 0.349 e. The summed E-state index contributed by atoms with van der Waals surface area (Å²) in [6.45, 7) is 4.49. The molecule has 0 bridgehead atoms. The predicted molar refractivity (Wildman–Crippen MR) is 123 cm³/mol. The van der Waals surface area contributed by atoms with Crippen molar-refractivity contribution < 1.29 is 23.5 Å². The predicted octanol–water partition coefficient (Wildman–Crippen LogP) is 2.64. The van der Waals surface area contributed by atoms with Gasteiger partial charge in [-0.3, -0.25) is 19.3 Å². The van der Waals surface area contributed by atoms with Crippen molar-refractivity contribution in [2.45, 2.75) is 13.8 Å². The summed E-state index contributed by atoms with van der Waals surface area (Å²) in [4.78, 5) is 53.2. The van der Waals surface area contributed by atoms with E-state index in [0.717, 1.165) is 0 Å². The maximum absolute atomic E-state index is 12.8. The zero-order chi connectivity index (χ0) is 23.5. The normalized spacial score (nSPS) is 12.8. The minimum atomic E-state index is -0.755.